The first-order chi connectivity index (χ1) is 15.0. The van der Waals surface area contributed by atoms with Crippen LogP contribution < -0.4 is 4.74 Å². The highest BCUT2D eigenvalue weighted by atomic mass is 35.5. The molecule has 0 aliphatic heterocycles. The lowest BCUT2D eigenvalue weighted by molar-refractivity contribution is 0.0690. The Morgan fingerprint density at radius 2 is 1.74 bits per heavy atom. The van der Waals surface area contributed by atoms with Crippen molar-refractivity contribution in [3.8, 4) is 16.9 Å². The first-order valence-electron chi connectivity index (χ1n) is 10.3. The number of hydrogen-bond acceptors (Lipinski definition) is 2. The fourth-order valence-corrected chi connectivity index (χ4v) is 4.16. The smallest absolute Gasteiger partial charge is 0.352 e. The number of hydrogen-bond donors (Lipinski definition) is 2. The van der Waals surface area contributed by atoms with Crippen LogP contribution in [-0.2, 0) is 6.42 Å². The van der Waals surface area contributed by atoms with Gasteiger partial charge in [-0.25, -0.2) is 4.79 Å². The number of nitrogens with one attached hydrogen (secondary N) is 1. The number of carboxylic acids is 1. The van der Waals surface area contributed by atoms with Crippen LogP contribution in [0.3, 0.4) is 0 Å². The molecule has 5 heteroatoms. The number of H-pyrrole nitrogens is 1. The average Bonchev–Trinajstić information content (AvgIpc) is 3.13. The summed E-state index contributed by atoms with van der Waals surface area (Å²) in [6.07, 6.45) is 1.28. The van der Waals surface area contributed by atoms with E-state index in [1.807, 2.05) is 55.5 Å². The Bertz CT molecular complexity index is 1260. The van der Waals surface area contributed by atoms with Crippen LogP contribution in [0.25, 0.3) is 22.0 Å². The third kappa shape index (κ3) is 4.17. The molecule has 4 nitrogen and oxygen atoms in total. The number of ether oxygens (including phenoxy) is 1. The molecule has 0 saturated heterocycles. The summed E-state index contributed by atoms with van der Waals surface area (Å²) < 4.78 is 5.90. The molecule has 0 radical (unpaired) electrons. The number of benzene rings is 3. The van der Waals surface area contributed by atoms with Gasteiger partial charge < -0.3 is 14.8 Å². The lowest BCUT2D eigenvalue weighted by Crippen LogP contribution is -2.05. The lowest BCUT2D eigenvalue weighted by Gasteiger charge is -2.10. The molecule has 0 fully saturated rings. The summed E-state index contributed by atoms with van der Waals surface area (Å²) in [6, 6.07) is 19.7. The van der Waals surface area contributed by atoms with Crippen LogP contribution in [-0.4, -0.2) is 22.7 Å². The minimum absolute atomic E-state index is 0.245. The first kappa shape index (κ1) is 21.0. The van der Waals surface area contributed by atoms with E-state index in [2.05, 4.69) is 24.0 Å². The zero-order valence-electron chi connectivity index (χ0n) is 17.5. The maximum absolute atomic E-state index is 12.0. The second-order valence-corrected chi connectivity index (χ2v) is 8.05. The minimum atomic E-state index is -0.950. The van der Waals surface area contributed by atoms with Gasteiger partial charge in [0.2, 0.25) is 0 Å². The van der Waals surface area contributed by atoms with Gasteiger partial charge in [0.05, 0.1) is 12.1 Å². The topological polar surface area (TPSA) is 62.3 Å². The first-order valence-corrected chi connectivity index (χ1v) is 10.7. The second kappa shape index (κ2) is 8.86. The number of aromatic amines is 1. The third-order valence-corrected chi connectivity index (χ3v) is 6.05. The van der Waals surface area contributed by atoms with Gasteiger partial charge in [-0.15, -0.1) is 0 Å². The van der Waals surface area contributed by atoms with Gasteiger partial charge in [-0.3, -0.25) is 0 Å². The van der Waals surface area contributed by atoms with Crippen molar-refractivity contribution in [1.82, 2.24) is 4.98 Å². The van der Waals surface area contributed by atoms with Crippen molar-refractivity contribution >= 4 is 28.5 Å². The Morgan fingerprint density at radius 3 is 2.52 bits per heavy atom. The number of fused-ring (bicyclic) bond motifs is 1. The molecule has 0 saturated carbocycles. The number of aromatic nitrogens is 1. The average molecular weight is 434 g/mol. The van der Waals surface area contributed by atoms with Crippen LogP contribution in [0.5, 0.6) is 5.75 Å². The van der Waals surface area contributed by atoms with Crippen LogP contribution in [0.1, 0.15) is 33.6 Å². The van der Waals surface area contributed by atoms with Crippen molar-refractivity contribution in [2.75, 3.05) is 6.61 Å². The molecule has 0 atom stereocenters. The normalized spacial score (nSPS) is 11.1. The number of aromatic carboxylic acids is 1. The van der Waals surface area contributed by atoms with E-state index >= 15 is 0 Å². The molecule has 31 heavy (non-hydrogen) atoms. The lowest BCUT2D eigenvalue weighted by atomic mass is 9.97. The largest absolute Gasteiger partial charge is 0.493 e. The van der Waals surface area contributed by atoms with Crippen molar-refractivity contribution in [3.05, 3.63) is 88.1 Å². The Kier molecular flexibility index (Phi) is 6.01. The highest BCUT2D eigenvalue weighted by Crippen LogP contribution is 2.34. The third-order valence-electron chi connectivity index (χ3n) is 5.64. The van der Waals surface area contributed by atoms with Gasteiger partial charge in [0.15, 0.2) is 0 Å². The van der Waals surface area contributed by atoms with Crippen LogP contribution in [0.4, 0.5) is 0 Å². The van der Waals surface area contributed by atoms with Crippen LogP contribution in [0.15, 0.2) is 60.7 Å². The summed E-state index contributed by atoms with van der Waals surface area (Å²) in [6.45, 7) is 4.46. The van der Waals surface area contributed by atoms with Crippen molar-refractivity contribution in [3.63, 3.8) is 0 Å². The number of aryl methyl sites for hydroxylation is 2. The van der Waals surface area contributed by atoms with Crippen molar-refractivity contribution in [1.29, 1.82) is 0 Å². The Labute approximate surface area is 186 Å². The zero-order valence-corrected chi connectivity index (χ0v) is 18.3. The predicted molar refractivity (Wildman–Crippen MR) is 125 cm³/mol. The second-order valence-electron chi connectivity index (χ2n) is 7.64. The maximum atomic E-state index is 12.0. The molecule has 0 aliphatic rings. The SMILES string of the molecule is Cc1ccccc1-c1cccc2c(CCCOc3cccc(Cl)c3C)c(C(=O)O)[nH]c12. The highest BCUT2D eigenvalue weighted by molar-refractivity contribution is 6.31. The van der Waals surface area contributed by atoms with Crippen molar-refractivity contribution in [2.45, 2.75) is 26.7 Å². The minimum Gasteiger partial charge on any atom is -0.493 e. The number of rotatable bonds is 7. The Hall–Kier alpha value is -3.24. The highest BCUT2D eigenvalue weighted by Gasteiger charge is 2.19. The summed E-state index contributed by atoms with van der Waals surface area (Å²) in [5, 5.41) is 11.4. The molecule has 4 rings (SSSR count). The molecule has 0 unspecified atom stereocenters. The van der Waals surface area contributed by atoms with Gasteiger partial charge in [-0.2, -0.15) is 0 Å². The molecule has 3 aromatic carbocycles. The maximum Gasteiger partial charge on any atom is 0.352 e. The molecule has 1 aromatic heterocycles. The number of para-hydroxylation sites is 1. The van der Waals surface area contributed by atoms with E-state index in [4.69, 9.17) is 16.3 Å². The molecule has 0 aliphatic carbocycles. The summed E-state index contributed by atoms with van der Waals surface area (Å²) in [4.78, 5) is 15.1. The van der Waals surface area contributed by atoms with E-state index in [1.165, 1.54) is 0 Å². The predicted octanol–water partition coefficient (Wildman–Crippen LogP) is 6.81. The summed E-state index contributed by atoms with van der Waals surface area (Å²) >= 11 is 6.16. The van der Waals surface area contributed by atoms with E-state index < -0.39 is 5.97 Å². The number of carbonyl (C=O) groups is 1. The Morgan fingerprint density at radius 1 is 1.00 bits per heavy atom. The molecular formula is C26H24ClNO3. The summed E-state index contributed by atoms with van der Waals surface area (Å²) in [5.74, 6) is -0.194. The zero-order chi connectivity index (χ0) is 22.0. The summed E-state index contributed by atoms with van der Waals surface area (Å²) in [7, 11) is 0. The molecule has 158 valence electrons. The van der Waals surface area contributed by atoms with Crippen LogP contribution in [0, 0.1) is 13.8 Å². The van der Waals surface area contributed by atoms with Gasteiger partial charge in [0.1, 0.15) is 11.4 Å². The molecule has 2 N–H and O–H groups in total. The summed E-state index contributed by atoms with van der Waals surface area (Å²) in [5.41, 5.74) is 6.07. The van der Waals surface area contributed by atoms with Crippen molar-refractivity contribution < 1.29 is 14.6 Å². The van der Waals surface area contributed by atoms with Gasteiger partial charge in [0, 0.05) is 21.5 Å². The monoisotopic (exact) mass is 433 g/mol. The quantitative estimate of drug-likeness (QED) is 0.314. The van der Waals surface area contributed by atoms with E-state index in [9.17, 15) is 9.90 Å². The fraction of sp³-hybridized carbons (Fsp3) is 0.192. The van der Waals surface area contributed by atoms with Crippen molar-refractivity contribution in [2.24, 2.45) is 0 Å². The fourth-order valence-electron chi connectivity index (χ4n) is 3.99. The molecule has 0 amide bonds. The van der Waals surface area contributed by atoms with E-state index in [0.29, 0.717) is 24.5 Å². The Balaban J connectivity index is 1.62. The van der Waals surface area contributed by atoms with Gasteiger partial charge in [-0.05, 0) is 55.5 Å². The van der Waals surface area contributed by atoms with E-state index in [-0.39, 0.29) is 5.69 Å². The molecule has 0 bridgehead atoms. The van der Waals surface area contributed by atoms with Crippen LogP contribution in [0.2, 0.25) is 5.02 Å². The molecule has 4 aromatic rings. The van der Waals surface area contributed by atoms with Crippen LogP contribution >= 0.6 is 11.6 Å². The number of carboxylic acid groups (broad SMARTS) is 1. The van der Waals surface area contributed by atoms with Gasteiger partial charge in [0.25, 0.3) is 0 Å². The van der Waals surface area contributed by atoms with E-state index in [1.54, 1.807) is 0 Å². The van der Waals surface area contributed by atoms with E-state index in [0.717, 1.165) is 44.5 Å². The number of halogens is 1. The van der Waals surface area contributed by atoms with Gasteiger partial charge in [-0.1, -0.05) is 60.1 Å². The molecule has 1 heterocycles. The molecule has 0 spiro atoms. The molecular weight excluding hydrogens is 410 g/mol. The standard InChI is InChI=1S/C26H24ClNO3/c1-16-8-3-4-9-18(16)19-10-5-11-20-21(25(26(29)30)28-24(19)20)12-7-15-31-23-14-6-13-22(27)17(23)2/h3-6,8-11,13-14,28H,7,12,15H2,1-2H3,(H,29,30). The van der Waals surface area contributed by atoms with Gasteiger partial charge >= 0.3 is 5.97 Å².